The number of halogens is 1. The number of aromatic carboxylic acids is 1. The van der Waals surface area contributed by atoms with E-state index < -0.39 is 5.97 Å². The molecule has 0 radical (unpaired) electrons. The van der Waals surface area contributed by atoms with Crippen LogP contribution in [0.15, 0.2) is 42.6 Å². The number of rotatable bonds is 4. The number of hydrogen-bond donors (Lipinski definition) is 1. The average Bonchev–Trinajstić information content (AvgIpc) is 2.37. The summed E-state index contributed by atoms with van der Waals surface area (Å²) >= 11 is 0. The average molecular weight is 247 g/mol. The van der Waals surface area contributed by atoms with E-state index in [0.717, 1.165) is 0 Å². The fourth-order valence-corrected chi connectivity index (χ4v) is 1.46. The van der Waals surface area contributed by atoms with Crippen molar-refractivity contribution in [1.29, 1.82) is 0 Å². The van der Waals surface area contributed by atoms with E-state index in [2.05, 4.69) is 4.98 Å². The SMILES string of the molecule is O=C(O)c1ncccc1OCc1cccc(F)c1. The molecule has 1 aromatic heterocycles. The van der Waals surface area contributed by atoms with Crippen LogP contribution in [0.2, 0.25) is 0 Å². The molecule has 0 bridgehead atoms. The van der Waals surface area contributed by atoms with Gasteiger partial charge in [-0.3, -0.25) is 0 Å². The summed E-state index contributed by atoms with van der Waals surface area (Å²) < 4.78 is 18.3. The molecule has 4 nitrogen and oxygen atoms in total. The predicted octanol–water partition coefficient (Wildman–Crippen LogP) is 2.50. The second kappa shape index (κ2) is 5.27. The van der Waals surface area contributed by atoms with Crippen molar-refractivity contribution in [2.75, 3.05) is 0 Å². The molecule has 0 amide bonds. The second-order valence-electron chi connectivity index (χ2n) is 3.57. The highest BCUT2D eigenvalue weighted by Crippen LogP contribution is 2.17. The number of hydrogen-bond acceptors (Lipinski definition) is 3. The predicted molar refractivity (Wildman–Crippen MR) is 61.9 cm³/mol. The van der Waals surface area contributed by atoms with Crippen LogP contribution in [0.1, 0.15) is 16.1 Å². The third-order valence-electron chi connectivity index (χ3n) is 2.26. The summed E-state index contributed by atoms with van der Waals surface area (Å²) in [6.45, 7) is 0.0870. The van der Waals surface area contributed by atoms with E-state index >= 15 is 0 Å². The summed E-state index contributed by atoms with van der Waals surface area (Å²) in [5.74, 6) is -1.36. The Bertz CT molecular complexity index is 572. The third-order valence-corrected chi connectivity index (χ3v) is 2.26. The molecule has 0 unspecified atom stereocenters. The van der Waals surface area contributed by atoms with E-state index in [9.17, 15) is 9.18 Å². The first-order chi connectivity index (χ1) is 8.66. The molecular weight excluding hydrogens is 237 g/mol. The topological polar surface area (TPSA) is 59.4 Å². The lowest BCUT2D eigenvalue weighted by Crippen LogP contribution is -2.05. The maximum absolute atomic E-state index is 12.9. The molecule has 5 heteroatoms. The Morgan fingerprint density at radius 3 is 2.89 bits per heavy atom. The molecule has 0 aliphatic heterocycles. The molecule has 1 aromatic carbocycles. The zero-order chi connectivity index (χ0) is 13.0. The van der Waals surface area contributed by atoms with Crippen LogP contribution in [0.5, 0.6) is 5.75 Å². The first kappa shape index (κ1) is 12.0. The first-order valence-corrected chi connectivity index (χ1v) is 5.22. The lowest BCUT2D eigenvalue weighted by molar-refractivity contribution is 0.0685. The standard InChI is InChI=1S/C13H10FNO3/c14-10-4-1-3-9(7-10)8-18-11-5-2-6-15-12(11)13(16)17/h1-7H,8H2,(H,16,17). The number of pyridine rings is 1. The van der Waals surface area contributed by atoms with Crippen molar-refractivity contribution in [2.24, 2.45) is 0 Å². The first-order valence-electron chi connectivity index (χ1n) is 5.22. The van der Waals surface area contributed by atoms with Gasteiger partial charge in [-0.15, -0.1) is 0 Å². The van der Waals surface area contributed by atoms with E-state index in [-0.39, 0.29) is 23.9 Å². The van der Waals surface area contributed by atoms with Crippen molar-refractivity contribution < 1.29 is 19.0 Å². The monoisotopic (exact) mass is 247 g/mol. The summed E-state index contributed by atoms with van der Waals surface area (Å²) in [5.41, 5.74) is 0.462. The Kier molecular flexibility index (Phi) is 3.52. The number of carbonyl (C=O) groups is 1. The van der Waals surface area contributed by atoms with Gasteiger partial charge in [-0.25, -0.2) is 14.2 Å². The van der Waals surface area contributed by atoms with Crippen molar-refractivity contribution in [3.8, 4) is 5.75 Å². The van der Waals surface area contributed by atoms with Crippen molar-refractivity contribution in [3.05, 3.63) is 59.7 Å². The van der Waals surface area contributed by atoms with Crippen molar-refractivity contribution >= 4 is 5.97 Å². The molecule has 18 heavy (non-hydrogen) atoms. The van der Waals surface area contributed by atoms with Crippen LogP contribution in [-0.4, -0.2) is 16.1 Å². The van der Waals surface area contributed by atoms with Gasteiger partial charge in [-0.2, -0.15) is 0 Å². The van der Waals surface area contributed by atoms with E-state index in [1.54, 1.807) is 18.2 Å². The maximum Gasteiger partial charge on any atom is 0.358 e. The molecule has 0 aliphatic rings. The van der Waals surface area contributed by atoms with Gasteiger partial charge in [0.05, 0.1) is 0 Å². The minimum Gasteiger partial charge on any atom is -0.486 e. The van der Waals surface area contributed by atoms with Crippen LogP contribution in [-0.2, 0) is 6.61 Å². The maximum atomic E-state index is 12.9. The normalized spacial score (nSPS) is 10.1. The Labute approximate surface area is 103 Å². The Hall–Kier alpha value is -2.43. The number of nitrogens with zero attached hydrogens (tertiary/aromatic N) is 1. The van der Waals surface area contributed by atoms with Gasteiger partial charge < -0.3 is 9.84 Å². The fourth-order valence-electron chi connectivity index (χ4n) is 1.46. The Morgan fingerprint density at radius 2 is 2.17 bits per heavy atom. The number of ether oxygens (including phenoxy) is 1. The van der Waals surface area contributed by atoms with E-state index in [1.807, 2.05) is 0 Å². The minimum atomic E-state index is -1.16. The van der Waals surface area contributed by atoms with Gasteiger partial charge in [-0.1, -0.05) is 12.1 Å². The van der Waals surface area contributed by atoms with Crippen LogP contribution in [0.4, 0.5) is 4.39 Å². The summed E-state index contributed by atoms with van der Waals surface area (Å²) in [7, 11) is 0. The van der Waals surface area contributed by atoms with Gasteiger partial charge in [0.15, 0.2) is 11.4 Å². The lowest BCUT2D eigenvalue weighted by Gasteiger charge is -2.08. The molecule has 0 saturated heterocycles. The fraction of sp³-hybridized carbons (Fsp3) is 0.0769. The highest BCUT2D eigenvalue weighted by Gasteiger charge is 2.12. The van der Waals surface area contributed by atoms with Gasteiger partial charge in [0.1, 0.15) is 12.4 Å². The summed E-state index contributed by atoms with van der Waals surface area (Å²) in [5, 5.41) is 8.90. The molecule has 0 fully saturated rings. The minimum absolute atomic E-state index is 0.0870. The highest BCUT2D eigenvalue weighted by molar-refractivity contribution is 5.88. The van der Waals surface area contributed by atoms with Crippen molar-refractivity contribution in [2.45, 2.75) is 6.61 Å². The van der Waals surface area contributed by atoms with Crippen LogP contribution in [0, 0.1) is 5.82 Å². The van der Waals surface area contributed by atoms with Crippen LogP contribution in [0.25, 0.3) is 0 Å². The molecule has 0 atom stereocenters. The zero-order valence-electron chi connectivity index (χ0n) is 9.34. The molecule has 2 aromatic rings. The lowest BCUT2D eigenvalue weighted by atomic mass is 10.2. The summed E-state index contributed by atoms with van der Waals surface area (Å²) in [6.07, 6.45) is 1.37. The molecule has 0 saturated carbocycles. The summed E-state index contributed by atoms with van der Waals surface area (Å²) in [6, 6.07) is 9.01. The molecular formula is C13H10FNO3. The van der Waals surface area contributed by atoms with Gasteiger partial charge in [-0.05, 0) is 29.8 Å². The van der Waals surface area contributed by atoms with E-state index in [4.69, 9.17) is 9.84 Å². The van der Waals surface area contributed by atoms with Crippen LogP contribution < -0.4 is 4.74 Å². The summed E-state index contributed by atoms with van der Waals surface area (Å²) in [4.78, 5) is 14.6. The molecule has 1 heterocycles. The second-order valence-corrected chi connectivity index (χ2v) is 3.57. The molecule has 2 rings (SSSR count). The van der Waals surface area contributed by atoms with Gasteiger partial charge in [0.2, 0.25) is 0 Å². The smallest absolute Gasteiger partial charge is 0.358 e. The van der Waals surface area contributed by atoms with Crippen LogP contribution in [0.3, 0.4) is 0 Å². The molecule has 1 N–H and O–H groups in total. The van der Waals surface area contributed by atoms with Crippen molar-refractivity contribution in [1.82, 2.24) is 4.98 Å². The Balaban J connectivity index is 2.13. The molecule has 0 spiro atoms. The molecule has 92 valence electrons. The van der Waals surface area contributed by atoms with Gasteiger partial charge >= 0.3 is 5.97 Å². The molecule has 0 aliphatic carbocycles. The number of carboxylic acids is 1. The van der Waals surface area contributed by atoms with Gasteiger partial charge in [0, 0.05) is 6.20 Å². The largest absolute Gasteiger partial charge is 0.486 e. The zero-order valence-corrected chi connectivity index (χ0v) is 9.34. The number of benzene rings is 1. The van der Waals surface area contributed by atoms with E-state index in [1.165, 1.54) is 24.4 Å². The van der Waals surface area contributed by atoms with E-state index in [0.29, 0.717) is 5.56 Å². The third kappa shape index (κ3) is 2.82. The number of aromatic nitrogens is 1. The quantitative estimate of drug-likeness (QED) is 0.901. The highest BCUT2D eigenvalue weighted by atomic mass is 19.1. The van der Waals surface area contributed by atoms with Crippen LogP contribution >= 0.6 is 0 Å². The Morgan fingerprint density at radius 1 is 1.33 bits per heavy atom. The van der Waals surface area contributed by atoms with Gasteiger partial charge in [0.25, 0.3) is 0 Å². The number of carboxylic acid groups (broad SMARTS) is 1. The van der Waals surface area contributed by atoms with Crippen molar-refractivity contribution in [3.63, 3.8) is 0 Å².